The highest BCUT2D eigenvalue weighted by Gasteiger charge is 2.15. The Kier molecular flexibility index (Phi) is 5.51. The van der Waals surface area contributed by atoms with Gasteiger partial charge in [-0.05, 0) is 35.8 Å². The van der Waals surface area contributed by atoms with Crippen molar-refractivity contribution < 1.29 is 9.59 Å². The van der Waals surface area contributed by atoms with Crippen molar-refractivity contribution in [1.29, 1.82) is 0 Å². The van der Waals surface area contributed by atoms with E-state index in [0.29, 0.717) is 30.8 Å². The molecule has 1 aliphatic carbocycles. The molecule has 0 bridgehead atoms. The topological polar surface area (TPSA) is 102 Å². The van der Waals surface area contributed by atoms with E-state index in [4.69, 9.17) is 0 Å². The fourth-order valence-corrected chi connectivity index (χ4v) is 3.12. The van der Waals surface area contributed by atoms with Gasteiger partial charge in [0.25, 0.3) is 5.91 Å². The summed E-state index contributed by atoms with van der Waals surface area (Å²) in [5, 5.41) is 16.7. The van der Waals surface area contributed by atoms with Gasteiger partial charge in [-0.2, -0.15) is 9.90 Å². The molecule has 1 saturated carbocycles. The molecule has 1 aliphatic rings. The molecule has 0 spiro atoms. The number of aromatic nitrogens is 4. The van der Waals surface area contributed by atoms with Crippen LogP contribution >= 0.6 is 0 Å². The summed E-state index contributed by atoms with van der Waals surface area (Å²) in [6, 6.07) is 16.8. The van der Waals surface area contributed by atoms with Crippen molar-refractivity contribution in [2.24, 2.45) is 5.10 Å². The second-order valence-electron chi connectivity index (χ2n) is 6.89. The minimum atomic E-state index is -0.299. The molecule has 1 heterocycles. The molecular formula is C21H20N6O2. The van der Waals surface area contributed by atoms with Crippen LogP contribution in [0.25, 0.3) is 11.4 Å². The zero-order valence-corrected chi connectivity index (χ0v) is 15.8. The number of nitrogens with zero attached hydrogens (tertiary/aromatic N) is 5. The van der Waals surface area contributed by atoms with Crippen LogP contribution < -0.4 is 5.43 Å². The Morgan fingerprint density at radius 1 is 1.07 bits per heavy atom. The highest BCUT2D eigenvalue weighted by atomic mass is 16.2. The number of benzene rings is 2. The fourth-order valence-electron chi connectivity index (χ4n) is 3.12. The molecule has 0 aliphatic heterocycles. The number of amides is 1. The summed E-state index contributed by atoms with van der Waals surface area (Å²) in [6.07, 6.45) is 2.47. The van der Waals surface area contributed by atoms with Gasteiger partial charge in [0, 0.05) is 29.7 Å². The molecule has 1 amide bonds. The molecule has 29 heavy (non-hydrogen) atoms. The number of carbonyl (C=O) groups is 2. The summed E-state index contributed by atoms with van der Waals surface area (Å²) in [7, 11) is 0. The highest BCUT2D eigenvalue weighted by molar-refractivity contribution is 6.04. The molecule has 4 rings (SSSR count). The van der Waals surface area contributed by atoms with E-state index in [1.54, 1.807) is 12.1 Å². The van der Waals surface area contributed by atoms with Crippen molar-refractivity contribution in [2.45, 2.75) is 32.2 Å². The van der Waals surface area contributed by atoms with Gasteiger partial charge in [0.1, 0.15) is 5.78 Å². The Bertz CT molecular complexity index is 1040. The van der Waals surface area contributed by atoms with E-state index in [2.05, 4.69) is 25.9 Å². The smallest absolute Gasteiger partial charge is 0.271 e. The number of rotatable bonds is 5. The molecule has 3 aromatic rings. The lowest BCUT2D eigenvalue weighted by Crippen LogP contribution is -2.22. The number of tetrazole rings is 1. The van der Waals surface area contributed by atoms with Gasteiger partial charge in [-0.1, -0.05) is 42.5 Å². The molecule has 146 valence electrons. The Labute approximate surface area is 167 Å². The summed E-state index contributed by atoms with van der Waals surface area (Å²) in [5.74, 6) is 0.444. The lowest BCUT2D eigenvalue weighted by atomic mass is 9.97. The fraction of sp³-hybridized carbons (Fsp3) is 0.238. The number of hydrogen-bond acceptors (Lipinski definition) is 6. The molecule has 2 aromatic carbocycles. The van der Waals surface area contributed by atoms with E-state index in [1.165, 1.54) is 4.80 Å². The molecule has 1 N–H and O–H groups in total. The maximum atomic E-state index is 12.3. The van der Waals surface area contributed by atoms with E-state index in [-0.39, 0.29) is 11.7 Å². The first-order chi connectivity index (χ1) is 14.2. The molecule has 1 aromatic heterocycles. The summed E-state index contributed by atoms with van der Waals surface area (Å²) in [5.41, 5.74) is 5.62. The van der Waals surface area contributed by atoms with Crippen LogP contribution in [-0.4, -0.2) is 37.6 Å². The van der Waals surface area contributed by atoms with E-state index in [0.717, 1.165) is 29.7 Å². The second-order valence-corrected chi connectivity index (χ2v) is 6.89. The van der Waals surface area contributed by atoms with Crippen LogP contribution in [0.15, 0.2) is 59.7 Å². The molecule has 0 unspecified atom stereocenters. The van der Waals surface area contributed by atoms with Crippen molar-refractivity contribution in [3.63, 3.8) is 0 Å². The monoisotopic (exact) mass is 388 g/mol. The minimum absolute atomic E-state index is 0.172. The summed E-state index contributed by atoms with van der Waals surface area (Å²) >= 11 is 0. The van der Waals surface area contributed by atoms with E-state index in [9.17, 15) is 9.59 Å². The number of hydrogen-bond donors (Lipinski definition) is 1. The van der Waals surface area contributed by atoms with Crippen LogP contribution in [0.5, 0.6) is 0 Å². The van der Waals surface area contributed by atoms with Crippen molar-refractivity contribution in [1.82, 2.24) is 25.6 Å². The average Bonchev–Trinajstić information content (AvgIpc) is 3.22. The Morgan fingerprint density at radius 2 is 1.86 bits per heavy atom. The number of Topliss-reactive ketones (excluding diaryl/α,β-unsaturated/α-hetero) is 1. The second kappa shape index (κ2) is 8.55. The van der Waals surface area contributed by atoms with E-state index < -0.39 is 0 Å². The van der Waals surface area contributed by atoms with Crippen LogP contribution in [0.1, 0.15) is 41.6 Å². The number of nitrogens with one attached hydrogen (secondary N) is 1. The quantitative estimate of drug-likeness (QED) is 0.677. The van der Waals surface area contributed by atoms with Crippen molar-refractivity contribution in [3.05, 3.63) is 65.7 Å². The van der Waals surface area contributed by atoms with Gasteiger partial charge in [0.05, 0.1) is 6.54 Å². The number of hydrazone groups is 1. The summed E-state index contributed by atoms with van der Waals surface area (Å²) < 4.78 is 0. The first kappa shape index (κ1) is 18.7. The van der Waals surface area contributed by atoms with Crippen molar-refractivity contribution in [2.75, 3.05) is 0 Å². The van der Waals surface area contributed by atoms with Crippen molar-refractivity contribution in [3.8, 4) is 11.4 Å². The van der Waals surface area contributed by atoms with Gasteiger partial charge in [0.15, 0.2) is 0 Å². The lowest BCUT2D eigenvalue weighted by Gasteiger charge is -2.11. The van der Waals surface area contributed by atoms with Gasteiger partial charge in [-0.3, -0.25) is 9.59 Å². The Balaban J connectivity index is 1.37. The molecular weight excluding hydrogens is 368 g/mol. The predicted octanol–water partition coefficient (Wildman–Crippen LogP) is 2.62. The van der Waals surface area contributed by atoms with Crippen LogP contribution in [0.4, 0.5) is 0 Å². The SMILES string of the molecule is O=C1CCC/C(=N\NC(=O)c2ccc(Cn3nnc(-c4ccccc4)n3)cc2)C1. The third-order valence-corrected chi connectivity index (χ3v) is 4.66. The summed E-state index contributed by atoms with van der Waals surface area (Å²) in [6.45, 7) is 0.451. The molecule has 0 atom stereocenters. The number of carbonyl (C=O) groups excluding carboxylic acids is 2. The third kappa shape index (κ3) is 4.78. The van der Waals surface area contributed by atoms with E-state index >= 15 is 0 Å². The molecule has 1 fully saturated rings. The van der Waals surface area contributed by atoms with Gasteiger partial charge < -0.3 is 0 Å². The van der Waals surface area contributed by atoms with E-state index in [1.807, 2.05) is 42.5 Å². The molecule has 8 nitrogen and oxygen atoms in total. The lowest BCUT2D eigenvalue weighted by molar-refractivity contribution is -0.118. The van der Waals surface area contributed by atoms with Crippen molar-refractivity contribution >= 4 is 17.4 Å². The first-order valence-corrected chi connectivity index (χ1v) is 9.47. The minimum Gasteiger partial charge on any atom is -0.299 e. The van der Waals surface area contributed by atoms with Gasteiger partial charge >= 0.3 is 0 Å². The summed E-state index contributed by atoms with van der Waals surface area (Å²) in [4.78, 5) is 25.2. The van der Waals surface area contributed by atoms with Crippen LogP contribution in [0.3, 0.4) is 0 Å². The zero-order valence-electron chi connectivity index (χ0n) is 15.8. The van der Waals surface area contributed by atoms with Gasteiger partial charge in [-0.25, -0.2) is 5.43 Å². The van der Waals surface area contributed by atoms with Crippen LogP contribution in [0.2, 0.25) is 0 Å². The predicted molar refractivity (Wildman–Crippen MR) is 107 cm³/mol. The highest BCUT2D eigenvalue weighted by Crippen LogP contribution is 2.13. The Morgan fingerprint density at radius 3 is 2.62 bits per heavy atom. The third-order valence-electron chi connectivity index (χ3n) is 4.66. The first-order valence-electron chi connectivity index (χ1n) is 9.47. The molecule has 8 heteroatoms. The standard InChI is InChI=1S/C21H20N6O2/c28-19-8-4-7-18(13-19)22-24-21(29)17-11-9-15(10-12-17)14-27-25-20(23-26-27)16-5-2-1-3-6-16/h1-3,5-6,9-12H,4,7-8,13-14H2,(H,24,29)/b22-18+. The normalized spacial score (nSPS) is 15.4. The van der Waals surface area contributed by atoms with Crippen LogP contribution in [0, 0.1) is 0 Å². The van der Waals surface area contributed by atoms with Gasteiger partial charge in [-0.15, -0.1) is 10.2 Å². The number of ketones is 1. The molecule has 0 saturated heterocycles. The van der Waals surface area contributed by atoms with Gasteiger partial charge in [0.2, 0.25) is 5.82 Å². The molecule has 0 radical (unpaired) electrons. The Hall–Kier alpha value is -3.68. The maximum absolute atomic E-state index is 12.3. The van der Waals surface area contributed by atoms with Crippen LogP contribution in [-0.2, 0) is 11.3 Å². The average molecular weight is 388 g/mol. The largest absolute Gasteiger partial charge is 0.299 e. The zero-order chi connectivity index (χ0) is 20.1. The maximum Gasteiger partial charge on any atom is 0.271 e.